The van der Waals surface area contributed by atoms with Crippen LogP contribution in [0, 0.1) is 0 Å². The summed E-state index contributed by atoms with van der Waals surface area (Å²) in [6, 6.07) is 20.1. The zero-order valence-corrected chi connectivity index (χ0v) is 22.2. The number of aryl methyl sites for hydroxylation is 2. The second kappa shape index (κ2) is 16.0. The highest BCUT2D eigenvalue weighted by molar-refractivity contribution is 5.32. The lowest BCUT2D eigenvalue weighted by Gasteiger charge is -2.28. The summed E-state index contributed by atoms with van der Waals surface area (Å²) < 4.78 is 0. The molecule has 2 heteroatoms. The van der Waals surface area contributed by atoms with Crippen molar-refractivity contribution in [2.24, 2.45) is 0 Å². The van der Waals surface area contributed by atoms with Gasteiger partial charge in [-0.1, -0.05) is 104 Å². The second-order valence-corrected chi connectivity index (χ2v) is 8.99. The van der Waals surface area contributed by atoms with Crippen LogP contribution in [0.4, 0.5) is 0 Å². The highest BCUT2D eigenvalue weighted by Gasteiger charge is 2.19. The fourth-order valence-electron chi connectivity index (χ4n) is 4.64. The number of rotatable bonds is 4. The third-order valence-electron chi connectivity index (χ3n) is 5.82. The van der Waals surface area contributed by atoms with E-state index in [9.17, 15) is 0 Å². The first-order chi connectivity index (χ1) is 15.5. The Balaban J connectivity index is 0.000000277. The Bertz CT molecular complexity index is 735. The molecule has 0 amide bonds. The van der Waals surface area contributed by atoms with Gasteiger partial charge in [-0.05, 0) is 60.8 Å². The summed E-state index contributed by atoms with van der Waals surface area (Å²) in [5.41, 5.74) is 6.15. The van der Waals surface area contributed by atoms with E-state index in [0.717, 1.165) is 0 Å². The summed E-state index contributed by atoms with van der Waals surface area (Å²) in [6.07, 6.45) is 7.59. The van der Waals surface area contributed by atoms with Crippen LogP contribution in [-0.4, -0.2) is 18.1 Å². The molecule has 180 valence electrons. The minimum Gasteiger partial charge on any atom is -0.311 e. The molecule has 0 bridgehead atoms. The molecule has 2 nitrogen and oxygen atoms in total. The molecule has 2 aromatic rings. The Morgan fingerprint density at radius 1 is 0.656 bits per heavy atom. The first kappa shape index (κ1) is 28.4. The lowest BCUT2D eigenvalue weighted by atomic mass is 9.87. The van der Waals surface area contributed by atoms with Crippen LogP contribution >= 0.6 is 0 Å². The van der Waals surface area contributed by atoms with Gasteiger partial charge in [-0.15, -0.1) is 0 Å². The van der Waals surface area contributed by atoms with E-state index in [2.05, 4.69) is 86.9 Å². The molecule has 2 aromatic carbocycles. The highest BCUT2D eigenvalue weighted by atomic mass is 14.9. The number of hydrogen-bond donors (Lipinski definition) is 2. The van der Waals surface area contributed by atoms with Gasteiger partial charge in [0.25, 0.3) is 0 Å². The van der Waals surface area contributed by atoms with Crippen LogP contribution in [0.2, 0.25) is 0 Å². The monoisotopic (exact) mass is 438 g/mol. The Morgan fingerprint density at radius 2 is 1.22 bits per heavy atom. The average Bonchev–Trinajstić information content (AvgIpc) is 2.82. The van der Waals surface area contributed by atoms with Gasteiger partial charge in [-0.3, -0.25) is 0 Å². The molecule has 32 heavy (non-hydrogen) atoms. The summed E-state index contributed by atoms with van der Waals surface area (Å²) >= 11 is 0. The largest absolute Gasteiger partial charge is 0.311 e. The van der Waals surface area contributed by atoms with E-state index in [4.69, 9.17) is 0 Å². The molecule has 2 aliphatic rings. The third kappa shape index (κ3) is 9.46. The van der Waals surface area contributed by atoms with Gasteiger partial charge in [-0.2, -0.15) is 0 Å². The van der Waals surface area contributed by atoms with E-state index in [1.807, 2.05) is 27.7 Å². The molecule has 0 heterocycles. The van der Waals surface area contributed by atoms with Gasteiger partial charge in [-0.25, -0.2) is 0 Å². The van der Waals surface area contributed by atoms with Crippen LogP contribution in [0.25, 0.3) is 0 Å². The first-order valence-corrected chi connectivity index (χ1v) is 13.2. The Kier molecular flexibility index (Phi) is 14.2. The normalized spacial score (nSPS) is 18.7. The van der Waals surface area contributed by atoms with E-state index >= 15 is 0 Å². The van der Waals surface area contributed by atoms with Crippen molar-refractivity contribution in [3.05, 3.63) is 70.8 Å². The minimum absolute atomic E-state index is 0.575. The van der Waals surface area contributed by atoms with Gasteiger partial charge in [0.1, 0.15) is 0 Å². The molecule has 2 N–H and O–H groups in total. The molecule has 0 fully saturated rings. The minimum atomic E-state index is 0.575. The lowest BCUT2D eigenvalue weighted by molar-refractivity contribution is 0.421. The van der Waals surface area contributed by atoms with Crippen molar-refractivity contribution < 1.29 is 0 Å². The van der Waals surface area contributed by atoms with Crippen LogP contribution < -0.4 is 10.6 Å². The van der Waals surface area contributed by atoms with E-state index in [1.165, 1.54) is 55.2 Å². The number of hydrogen-bond acceptors (Lipinski definition) is 2. The molecule has 0 saturated heterocycles. The molecular weight excluding hydrogens is 388 g/mol. The van der Waals surface area contributed by atoms with Gasteiger partial charge in [0.2, 0.25) is 0 Å². The molecule has 0 saturated carbocycles. The molecule has 4 rings (SSSR count). The van der Waals surface area contributed by atoms with Crippen molar-refractivity contribution in [1.29, 1.82) is 0 Å². The number of nitrogens with one attached hydrogen (secondary N) is 2. The SMILES string of the molecule is CC.CC.CC(C)NC1CCCc2ccccc21.CC(C)NC1CCc2ccccc2C1. The Morgan fingerprint density at radius 3 is 1.84 bits per heavy atom. The molecule has 0 aliphatic heterocycles. The summed E-state index contributed by atoms with van der Waals surface area (Å²) in [4.78, 5) is 0. The van der Waals surface area contributed by atoms with Crippen LogP contribution in [-0.2, 0) is 19.3 Å². The van der Waals surface area contributed by atoms with Gasteiger partial charge >= 0.3 is 0 Å². The fourth-order valence-corrected chi connectivity index (χ4v) is 4.64. The van der Waals surface area contributed by atoms with Crippen LogP contribution in [0.3, 0.4) is 0 Å². The number of benzene rings is 2. The predicted molar refractivity (Wildman–Crippen MR) is 144 cm³/mol. The smallest absolute Gasteiger partial charge is 0.0325 e. The van der Waals surface area contributed by atoms with Crippen LogP contribution in [0.5, 0.6) is 0 Å². The summed E-state index contributed by atoms with van der Waals surface area (Å²) in [7, 11) is 0. The fraction of sp³-hybridized carbons (Fsp3) is 0.600. The predicted octanol–water partition coefficient (Wildman–Crippen LogP) is 7.66. The van der Waals surface area contributed by atoms with Crippen molar-refractivity contribution in [3.8, 4) is 0 Å². The molecule has 2 unspecified atom stereocenters. The zero-order chi connectivity index (χ0) is 23.9. The van der Waals surface area contributed by atoms with Crippen LogP contribution in [0.15, 0.2) is 48.5 Å². The standard InChI is InChI=1S/2C13H19N.2C2H6/c1-10(2)14-13-9-5-7-11-6-3-4-8-12(11)13;1-10(2)14-13-8-7-11-5-3-4-6-12(11)9-13;2*1-2/h3-4,6,8,10,13-14H,5,7,9H2,1-2H3;3-6,10,13-14H,7-9H2,1-2H3;2*1-2H3. The van der Waals surface area contributed by atoms with Gasteiger partial charge in [0.05, 0.1) is 0 Å². The van der Waals surface area contributed by atoms with Crippen LogP contribution in [0.1, 0.15) is 103 Å². The summed E-state index contributed by atoms with van der Waals surface area (Å²) in [5, 5.41) is 7.26. The van der Waals surface area contributed by atoms with Crippen molar-refractivity contribution in [1.82, 2.24) is 10.6 Å². The van der Waals surface area contributed by atoms with Crippen molar-refractivity contribution in [3.63, 3.8) is 0 Å². The quantitative estimate of drug-likeness (QED) is 0.512. The van der Waals surface area contributed by atoms with Gasteiger partial charge in [0, 0.05) is 24.2 Å². The maximum absolute atomic E-state index is 3.64. The maximum atomic E-state index is 3.64. The van der Waals surface area contributed by atoms with E-state index in [-0.39, 0.29) is 0 Å². The molecule has 0 spiro atoms. The molecule has 2 aliphatic carbocycles. The van der Waals surface area contributed by atoms with Crippen molar-refractivity contribution in [2.75, 3.05) is 0 Å². The molecule has 0 aromatic heterocycles. The third-order valence-corrected chi connectivity index (χ3v) is 5.82. The highest BCUT2D eigenvalue weighted by Crippen LogP contribution is 2.29. The second-order valence-electron chi connectivity index (χ2n) is 8.99. The molecule has 0 radical (unpaired) electrons. The molecular formula is C30H50N2. The first-order valence-electron chi connectivity index (χ1n) is 13.2. The molecule has 2 atom stereocenters. The van der Waals surface area contributed by atoms with Crippen molar-refractivity contribution >= 4 is 0 Å². The van der Waals surface area contributed by atoms with E-state index in [1.54, 1.807) is 5.56 Å². The van der Waals surface area contributed by atoms with E-state index in [0.29, 0.717) is 24.2 Å². The summed E-state index contributed by atoms with van der Waals surface area (Å²) in [5.74, 6) is 0. The van der Waals surface area contributed by atoms with E-state index < -0.39 is 0 Å². The zero-order valence-electron chi connectivity index (χ0n) is 22.2. The lowest BCUT2D eigenvalue weighted by Crippen LogP contribution is -2.38. The average molecular weight is 439 g/mol. The van der Waals surface area contributed by atoms with Gasteiger partial charge in [0.15, 0.2) is 0 Å². The maximum Gasteiger partial charge on any atom is 0.0325 e. The van der Waals surface area contributed by atoms with Crippen molar-refractivity contribution in [2.45, 2.75) is 118 Å². The Hall–Kier alpha value is -1.64. The number of fused-ring (bicyclic) bond motifs is 2. The Labute approximate surface area is 199 Å². The van der Waals surface area contributed by atoms with Gasteiger partial charge < -0.3 is 10.6 Å². The topological polar surface area (TPSA) is 24.1 Å². The summed E-state index contributed by atoms with van der Waals surface area (Å²) in [6.45, 7) is 16.9.